The van der Waals surface area contributed by atoms with E-state index in [0.717, 1.165) is 42.1 Å². The van der Waals surface area contributed by atoms with E-state index >= 15 is 0 Å². The number of hydrogen-bond donors (Lipinski definition) is 0. The first kappa shape index (κ1) is 20.5. The highest BCUT2D eigenvalue weighted by atomic mass is 16.5. The van der Waals surface area contributed by atoms with Gasteiger partial charge in [0.25, 0.3) is 0 Å². The normalized spacial score (nSPS) is 19.3. The first-order valence-electron chi connectivity index (χ1n) is 10.8. The lowest BCUT2D eigenvalue weighted by atomic mass is 9.91. The van der Waals surface area contributed by atoms with E-state index in [2.05, 4.69) is 38.7 Å². The first-order chi connectivity index (χ1) is 14.4. The molecule has 0 saturated carbocycles. The molecule has 0 aliphatic carbocycles. The molecule has 6 nitrogen and oxygen atoms in total. The van der Waals surface area contributed by atoms with Crippen molar-refractivity contribution in [2.75, 3.05) is 32.2 Å². The molecule has 4 rings (SSSR count). The Morgan fingerprint density at radius 2 is 1.73 bits per heavy atom. The van der Waals surface area contributed by atoms with Gasteiger partial charge in [-0.2, -0.15) is 9.61 Å². The minimum atomic E-state index is 0.669. The first-order valence-corrected chi connectivity index (χ1v) is 10.8. The van der Waals surface area contributed by atoms with E-state index in [1.54, 1.807) is 14.2 Å². The van der Waals surface area contributed by atoms with Gasteiger partial charge < -0.3 is 14.4 Å². The lowest BCUT2D eigenvalue weighted by Crippen LogP contribution is -2.40. The minimum Gasteiger partial charge on any atom is -0.493 e. The van der Waals surface area contributed by atoms with Gasteiger partial charge in [0, 0.05) is 36.0 Å². The molecule has 0 radical (unpaired) electrons. The molecule has 0 unspecified atom stereocenters. The molecular formula is C24H32N4O2. The van der Waals surface area contributed by atoms with Gasteiger partial charge in [-0.3, -0.25) is 0 Å². The molecule has 6 heteroatoms. The fourth-order valence-corrected chi connectivity index (χ4v) is 4.85. The number of nitrogens with zero attached hydrogens (tertiary/aromatic N) is 4. The summed E-state index contributed by atoms with van der Waals surface area (Å²) in [7, 11) is 3.30. The van der Waals surface area contributed by atoms with Gasteiger partial charge in [0.05, 0.1) is 19.9 Å². The Labute approximate surface area is 178 Å². The summed E-state index contributed by atoms with van der Waals surface area (Å²) in [4.78, 5) is 7.40. The summed E-state index contributed by atoms with van der Waals surface area (Å²) in [5.74, 6) is 3.95. The van der Waals surface area contributed by atoms with E-state index in [1.165, 1.54) is 17.8 Å². The van der Waals surface area contributed by atoms with E-state index in [0.29, 0.717) is 23.3 Å². The maximum atomic E-state index is 5.49. The number of methoxy groups -OCH3 is 2. The third-order valence-corrected chi connectivity index (χ3v) is 6.08. The Morgan fingerprint density at radius 3 is 2.37 bits per heavy atom. The second-order valence-electron chi connectivity index (χ2n) is 8.57. The number of benzene rings is 1. The quantitative estimate of drug-likeness (QED) is 0.609. The van der Waals surface area contributed by atoms with Gasteiger partial charge in [-0.25, -0.2) is 4.98 Å². The summed E-state index contributed by atoms with van der Waals surface area (Å²) in [5.41, 5.74) is 5.13. The van der Waals surface area contributed by atoms with Gasteiger partial charge in [-0.1, -0.05) is 20.8 Å². The van der Waals surface area contributed by atoms with Gasteiger partial charge >= 0.3 is 0 Å². The molecule has 1 aromatic carbocycles. The van der Waals surface area contributed by atoms with Crippen molar-refractivity contribution in [3.8, 4) is 22.8 Å². The summed E-state index contributed by atoms with van der Waals surface area (Å²) < 4.78 is 12.9. The maximum Gasteiger partial charge on any atom is 0.161 e. The molecule has 0 amide bonds. The van der Waals surface area contributed by atoms with Gasteiger partial charge in [0.1, 0.15) is 5.82 Å². The number of piperidine rings is 1. The highest BCUT2D eigenvalue weighted by molar-refractivity contribution is 5.69. The summed E-state index contributed by atoms with van der Waals surface area (Å²) in [6, 6.07) is 7.97. The van der Waals surface area contributed by atoms with Gasteiger partial charge in [-0.05, 0) is 49.8 Å². The van der Waals surface area contributed by atoms with Crippen LogP contribution in [-0.2, 0) is 6.42 Å². The van der Waals surface area contributed by atoms with Gasteiger partial charge in [0.2, 0.25) is 0 Å². The fourth-order valence-electron chi connectivity index (χ4n) is 4.85. The Balaban J connectivity index is 1.87. The lowest BCUT2D eigenvalue weighted by molar-refractivity contribution is 0.353. The van der Waals surface area contributed by atoms with Gasteiger partial charge in [0.15, 0.2) is 17.1 Å². The summed E-state index contributed by atoms with van der Waals surface area (Å²) in [6.45, 7) is 11.1. The van der Waals surface area contributed by atoms with Crippen LogP contribution < -0.4 is 14.4 Å². The van der Waals surface area contributed by atoms with Crippen molar-refractivity contribution in [3.63, 3.8) is 0 Å². The number of anilines is 1. The number of aromatic nitrogens is 3. The second-order valence-corrected chi connectivity index (χ2v) is 8.57. The van der Waals surface area contributed by atoms with E-state index in [1.807, 2.05) is 22.7 Å². The smallest absolute Gasteiger partial charge is 0.161 e. The van der Waals surface area contributed by atoms with Gasteiger partial charge in [-0.15, -0.1) is 0 Å². The van der Waals surface area contributed by atoms with E-state index in [-0.39, 0.29) is 0 Å². The molecule has 0 bridgehead atoms. The van der Waals surface area contributed by atoms with Crippen LogP contribution in [0.5, 0.6) is 11.5 Å². The van der Waals surface area contributed by atoms with E-state index < -0.39 is 0 Å². The predicted molar refractivity (Wildman–Crippen MR) is 121 cm³/mol. The van der Waals surface area contributed by atoms with Crippen LogP contribution in [0.4, 0.5) is 5.82 Å². The van der Waals surface area contributed by atoms with Crippen molar-refractivity contribution < 1.29 is 9.47 Å². The van der Waals surface area contributed by atoms with Crippen LogP contribution in [0.1, 0.15) is 38.4 Å². The summed E-state index contributed by atoms with van der Waals surface area (Å²) >= 11 is 0. The Hall–Kier alpha value is -2.76. The largest absolute Gasteiger partial charge is 0.493 e. The van der Waals surface area contributed by atoms with E-state index in [9.17, 15) is 0 Å². The molecule has 2 atom stereocenters. The van der Waals surface area contributed by atoms with E-state index in [4.69, 9.17) is 19.6 Å². The summed E-state index contributed by atoms with van der Waals surface area (Å²) in [6.07, 6.45) is 2.22. The van der Waals surface area contributed by atoms with Crippen molar-refractivity contribution in [3.05, 3.63) is 35.5 Å². The molecule has 1 aliphatic rings. The minimum absolute atomic E-state index is 0.669. The highest BCUT2D eigenvalue weighted by Gasteiger charge is 2.27. The standard InChI is InChI=1S/C24H32N4O2/c1-7-19-17(4)25-23-12-20(18-8-9-21(29-5)22(11-18)30-6)26-28(23)24(19)27-13-15(2)10-16(3)14-27/h8-9,11-12,15-16H,7,10,13-14H2,1-6H3/t15-,16-/m1/s1. The van der Waals surface area contributed by atoms with Crippen LogP contribution in [0.25, 0.3) is 16.9 Å². The lowest BCUT2D eigenvalue weighted by Gasteiger charge is -2.37. The number of fused-ring (bicyclic) bond motifs is 1. The van der Waals surface area contributed by atoms with Crippen molar-refractivity contribution in [1.29, 1.82) is 0 Å². The fraction of sp³-hybridized carbons (Fsp3) is 0.500. The van der Waals surface area contributed by atoms with Crippen molar-refractivity contribution in [2.24, 2.45) is 11.8 Å². The third-order valence-electron chi connectivity index (χ3n) is 6.08. The number of aryl methyl sites for hydroxylation is 1. The van der Waals surface area contributed by atoms with Crippen molar-refractivity contribution >= 4 is 11.5 Å². The summed E-state index contributed by atoms with van der Waals surface area (Å²) in [5, 5.41) is 5.00. The number of rotatable bonds is 5. The highest BCUT2D eigenvalue weighted by Crippen LogP contribution is 2.35. The molecule has 30 heavy (non-hydrogen) atoms. The molecule has 2 aromatic heterocycles. The predicted octanol–water partition coefficient (Wildman–Crippen LogP) is 4.77. The van der Waals surface area contributed by atoms with Crippen LogP contribution in [0.15, 0.2) is 24.3 Å². The topological polar surface area (TPSA) is 51.9 Å². The Morgan fingerprint density at radius 1 is 1.03 bits per heavy atom. The van der Waals surface area contributed by atoms with Crippen LogP contribution in [0.2, 0.25) is 0 Å². The molecule has 3 aromatic rings. The molecule has 1 aliphatic heterocycles. The molecule has 0 N–H and O–H groups in total. The van der Waals surface area contributed by atoms with Crippen LogP contribution in [-0.4, -0.2) is 41.9 Å². The molecule has 1 fully saturated rings. The molecule has 3 heterocycles. The maximum absolute atomic E-state index is 5.49. The van der Waals surface area contributed by atoms with Crippen LogP contribution in [0, 0.1) is 18.8 Å². The number of ether oxygens (including phenoxy) is 2. The third kappa shape index (κ3) is 3.59. The zero-order valence-corrected chi connectivity index (χ0v) is 18.9. The Kier molecular flexibility index (Phi) is 5.58. The SMILES string of the molecule is CCc1c(C)nc2cc(-c3ccc(OC)c(OC)c3)nn2c1N1C[C@H](C)C[C@@H](C)C1. The van der Waals surface area contributed by atoms with Crippen LogP contribution in [0.3, 0.4) is 0 Å². The Bertz CT molecular complexity index is 1050. The zero-order valence-electron chi connectivity index (χ0n) is 18.9. The van der Waals surface area contributed by atoms with Crippen molar-refractivity contribution in [2.45, 2.75) is 40.5 Å². The molecule has 0 spiro atoms. The second kappa shape index (κ2) is 8.17. The van der Waals surface area contributed by atoms with Crippen molar-refractivity contribution in [1.82, 2.24) is 14.6 Å². The monoisotopic (exact) mass is 408 g/mol. The average molecular weight is 409 g/mol. The molecule has 1 saturated heterocycles. The molecular weight excluding hydrogens is 376 g/mol. The zero-order chi connectivity index (χ0) is 21.4. The number of hydrogen-bond acceptors (Lipinski definition) is 5. The molecule has 160 valence electrons. The van der Waals surface area contributed by atoms with Crippen LogP contribution >= 0.6 is 0 Å². The average Bonchev–Trinajstić information content (AvgIpc) is 3.14.